The van der Waals surface area contributed by atoms with Gasteiger partial charge in [0.2, 0.25) is 0 Å². The summed E-state index contributed by atoms with van der Waals surface area (Å²) < 4.78 is 83.8. The summed E-state index contributed by atoms with van der Waals surface area (Å²) in [6.07, 6.45) is -8.53. The smallest absolute Gasteiger partial charge is 0.416 e. The van der Waals surface area contributed by atoms with Crippen LogP contribution in [0, 0.1) is 0 Å². The molecule has 1 aliphatic heterocycles. The standard InChI is InChI=1S/C20H24F6N2O3/c1-3-15-9-17(10-16(27-15)4-5-29)28(18(30)31-2)11-12-6-13(19(21,22)23)8-14(7-12)20(24,25)26/h5-8,15-17,27H,3-4,9-11H2,1-2H3. The van der Waals surface area contributed by atoms with E-state index in [9.17, 15) is 35.9 Å². The topological polar surface area (TPSA) is 58.6 Å². The van der Waals surface area contributed by atoms with Crippen LogP contribution in [0.5, 0.6) is 0 Å². The molecule has 0 aliphatic carbocycles. The van der Waals surface area contributed by atoms with E-state index in [-0.39, 0.29) is 30.1 Å². The number of methoxy groups -OCH3 is 1. The molecule has 11 heteroatoms. The van der Waals surface area contributed by atoms with E-state index in [1.54, 1.807) is 0 Å². The zero-order chi connectivity index (χ0) is 23.4. The molecule has 1 aliphatic rings. The molecule has 0 aromatic heterocycles. The number of carbonyl (C=O) groups excluding carboxylic acids is 2. The van der Waals surface area contributed by atoms with Gasteiger partial charge in [0.05, 0.1) is 18.2 Å². The first-order valence-electron chi connectivity index (χ1n) is 9.71. The Morgan fingerprint density at radius 2 is 1.65 bits per heavy atom. The van der Waals surface area contributed by atoms with Gasteiger partial charge in [0.15, 0.2) is 0 Å². The first-order valence-corrected chi connectivity index (χ1v) is 9.71. The summed E-state index contributed by atoms with van der Waals surface area (Å²) >= 11 is 0. The number of aldehydes is 1. The molecule has 2 rings (SSSR count). The highest BCUT2D eigenvalue weighted by Crippen LogP contribution is 2.37. The Morgan fingerprint density at radius 1 is 1.10 bits per heavy atom. The minimum atomic E-state index is -4.98. The summed E-state index contributed by atoms with van der Waals surface area (Å²) in [5.41, 5.74) is -3.21. The number of rotatable bonds is 6. The van der Waals surface area contributed by atoms with Gasteiger partial charge in [0.1, 0.15) is 6.29 Å². The molecule has 31 heavy (non-hydrogen) atoms. The van der Waals surface area contributed by atoms with Crippen LogP contribution in [0.2, 0.25) is 0 Å². The summed E-state index contributed by atoms with van der Waals surface area (Å²) in [4.78, 5) is 24.5. The van der Waals surface area contributed by atoms with Crippen LogP contribution in [0.1, 0.15) is 49.3 Å². The number of ether oxygens (including phenoxy) is 1. The number of hydrogen-bond acceptors (Lipinski definition) is 4. The van der Waals surface area contributed by atoms with Crippen molar-refractivity contribution in [2.24, 2.45) is 0 Å². The minimum absolute atomic E-state index is 0.0454. The van der Waals surface area contributed by atoms with Crippen molar-refractivity contribution in [3.8, 4) is 0 Å². The van der Waals surface area contributed by atoms with Crippen LogP contribution in [-0.2, 0) is 28.4 Å². The van der Waals surface area contributed by atoms with E-state index in [4.69, 9.17) is 4.74 Å². The third-order valence-corrected chi connectivity index (χ3v) is 5.31. The molecule has 3 atom stereocenters. The molecule has 0 radical (unpaired) electrons. The number of piperidine rings is 1. The highest BCUT2D eigenvalue weighted by molar-refractivity contribution is 5.68. The lowest BCUT2D eigenvalue weighted by Gasteiger charge is -2.40. The first-order chi connectivity index (χ1) is 14.4. The molecular weight excluding hydrogens is 430 g/mol. The summed E-state index contributed by atoms with van der Waals surface area (Å²) in [5, 5.41) is 3.26. The van der Waals surface area contributed by atoms with Crippen LogP contribution >= 0.6 is 0 Å². The van der Waals surface area contributed by atoms with Gasteiger partial charge >= 0.3 is 18.4 Å². The maximum atomic E-state index is 13.2. The van der Waals surface area contributed by atoms with Gasteiger partial charge in [-0.05, 0) is 43.0 Å². The molecule has 1 aromatic carbocycles. The van der Waals surface area contributed by atoms with E-state index < -0.39 is 42.2 Å². The lowest BCUT2D eigenvalue weighted by atomic mass is 9.89. The Hall–Kier alpha value is -2.30. The maximum Gasteiger partial charge on any atom is 0.416 e. The van der Waals surface area contributed by atoms with Crippen LogP contribution in [0.3, 0.4) is 0 Å². The number of halogens is 6. The van der Waals surface area contributed by atoms with Gasteiger partial charge in [-0.2, -0.15) is 26.3 Å². The molecule has 3 unspecified atom stereocenters. The van der Waals surface area contributed by atoms with E-state index in [0.717, 1.165) is 18.3 Å². The molecule has 174 valence electrons. The highest BCUT2D eigenvalue weighted by atomic mass is 19.4. The van der Waals surface area contributed by atoms with Crippen molar-refractivity contribution in [3.63, 3.8) is 0 Å². The fourth-order valence-corrected chi connectivity index (χ4v) is 3.81. The molecule has 0 saturated carbocycles. The van der Waals surface area contributed by atoms with E-state index >= 15 is 0 Å². The van der Waals surface area contributed by atoms with Gasteiger partial charge in [-0.1, -0.05) is 6.92 Å². The summed E-state index contributed by atoms with van der Waals surface area (Å²) in [5.74, 6) is 0. The molecular formula is C20H24F6N2O3. The van der Waals surface area contributed by atoms with Gasteiger partial charge in [0, 0.05) is 31.1 Å². The Bertz CT molecular complexity index is 749. The van der Waals surface area contributed by atoms with Gasteiger partial charge in [-0.3, -0.25) is 0 Å². The zero-order valence-corrected chi connectivity index (χ0v) is 17.0. The van der Waals surface area contributed by atoms with E-state index in [2.05, 4.69) is 5.32 Å². The molecule has 1 fully saturated rings. The molecule has 1 heterocycles. The van der Waals surface area contributed by atoms with Crippen molar-refractivity contribution < 1.29 is 40.7 Å². The number of carbonyl (C=O) groups is 2. The Morgan fingerprint density at radius 3 is 2.10 bits per heavy atom. The van der Waals surface area contributed by atoms with Crippen molar-refractivity contribution in [2.45, 2.75) is 69.6 Å². The van der Waals surface area contributed by atoms with E-state index in [0.29, 0.717) is 31.4 Å². The largest absolute Gasteiger partial charge is 0.453 e. The average Bonchev–Trinajstić information content (AvgIpc) is 2.69. The third kappa shape index (κ3) is 6.59. The number of nitrogens with one attached hydrogen (secondary N) is 1. The molecule has 1 saturated heterocycles. The predicted molar refractivity (Wildman–Crippen MR) is 99.1 cm³/mol. The predicted octanol–water partition coefficient (Wildman–Crippen LogP) is 4.78. The van der Waals surface area contributed by atoms with Crippen LogP contribution in [0.15, 0.2) is 18.2 Å². The molecule has 0 spiro atoms. The number of benzene rings is 1. The second-order valence-corrected chi connectivity index (χ2v) is 7.51. The summed E-state index contributed by atoms with van der Waals surface area (Å²) in [6.45, 7) is 1.40. The van der Waals surface area contributed by atoms with Crippen molar-refractivity contribution >= 4 is 12.4 Å². The summed E-state index contributed by atoms with van der Waals surface area (Å²) in [7, 11) is 1.09. The van der Waals surface area contributed by atoms with Crippen LogP contribution in [0.25, 0.3) is 0 Å². The minimum Gasteiger partial charge on any atom is -0.453 e. The lowest BCUT2D eigenvalue weighted by molar-refractivity contribution is -0.143. The van der Waals surface area contributed by atoms with Crippen molar-refractivity contribution in [3.05, 3.63) is 34.9 Å². The number of alkyl halides is 6. The van der Waals surface area contributed by atoms with Gasteiger partial charge in [-0.25, -0.2) is 4.79 Å². The molecule has 1 aromatic rings. The van der Waals surface area contributed by atoms with Crippen molar-refractivity contribution in [1.82, 2.24) is 10.2 Å². The van der Waals surface area contributed by atoms with Gasteiger partial charge in [0.25, 0.3) is 0 Å². The SMILES string of the molecule is CCC1CC(N(Cc2cc(C(F)(F)F)cc(C(F)(F)F)c2)C(=O)OC)CC(CC=O)N1. The maximum absolute atomic E-state index is 13.2. The molecule has 1 N–H and O–H groups in total. The quantitative estimate of drug-likeness (QED) is 0.497. The Labute approximate surface area is 175 Å². The van der Waals surface area contributed by atoms with Gasteiger partial charge in [-0.15, -0.1) is 0 Å². The highest BCUT2D eigenvalue weighted by Gasteiger charge is 2.38. The fraction of sp³-hybridized carbons (Fsp3) is 0.600. The number of nitrogens with zero attached hydrogens (tertiary/aromatic N) is 1. The molecule has 1 amide bonds. The van der Waals surface area contributed by atoms with Crippen LogP contribution in [0.4, 0.5) is 31.1 Å². The van der Waals surface area contributed by atoms with Crippen LogP contribution < -0.4 is 5.32 Å². The Balaban J connectivity index is 2.42. The lowest BCUT2D eigenvalue weighted by Crippen LogP contribution is -2.53. The number of hydrogen-bond donors (Lipinski definition) is 1. The van der Waals surface area contributed by atoms with E-state index in [1.807, 2.05) is 6.92 Å². The van der Waals surface area contributed by atoms with Crippen LogP contribution in [-0.4, -0.2) is 42.5 Å². The third-order valence-electron chi connectivity index (χ3n) is 5.31. The molecule has 5 nitrogen and oxygen atoms in total. The first kappa shape index (κ1) is 25.0. The van der Waals surface area contributed by atoms with Gasteiger partial charge < -0.3 is 19.7 Å². The summed E-state index contributed by atoms with van der Waals surface area (Å²) in [6, 6.07) is 0.402. The monoisotopic (exact) mass is 454 g/mol. The van der Waals surface area contributed by atoms with E-state index in [1.165, 1.54) is 0 Å². The average molecular weight is 454 g/mol. The second-order valence-electron chi connectivity index (χ2n) is 7.51. The van der Waals surface area contributed by atoms with Crippen molar-refractivity contribution in [1.29, 1.82) is 0 Å². The number of amides is 1. The molecule has 0 bridgehead atoms. The fourth-order valence-electron chi connectivity index (χ4n) is 3.81. The normalized spacial score (nSPS) is 22.1. The zero-order valence-electron chi connectivity index (χ0n) is 17.0. The second kappa shape index (κ2) is 9.88. The van der Waals surface area contributed by atoms with Crippen molar-refractivity contribution in [2.75, 3.05) is 7.11 Å². The Kier molecular flexibility index (Phi) is 7.96.